The maximum absolute atomic E-state index is 8.45. The van der Waals surface area contributed by atoms with E-state index >= 15 is 0 Å². The van der Waals surface area contributed by atoms with Crippen LogP contribution in [0.1, 0.15) is 6.92 Å². The summed E-state index contributed by atoms with van der Waals surface area (Å²) in [6.07, 6.45) is 0. The lowest BCUT2D eigenvalue weighted by molar-refractivity contribution is -0.177. The number of rotatable bonds is 2. The van der Waals surface area contributed by atoms with Crippen LogP contribution in [0.5, 0.6) is 0 Å². The highest BCUT2D eigenvalue weighted by Crippen LogP contribution is 1.93. The van der Waals surface area contributed by atoms with Gasteiger partial charge in [-0.2, -0.15) is 0 Å². The maximum atomic E-state index is 8.45. The topological polar surface area (TPSA) is 49.7 Å². The van der Waals surface area contributed by atoms with E-state index in [9.17, 15) is 0 Å². The molecule has 2 N–H and O–H groups in total. The van der Waals surface area contributed by atoms with Crippen molar-refractivity contribution in [3.63, 3.8) is 0 Å². The van der Waals surface area contributed by atoms with Crippen LogP contribution in [0.3, 0.4) is 0 Å². The summed E-state index contributed by atoms with van der Waals surface area (Å²) in [6, 6.07) is 0. The molecule has 0 aromatic heterocycles. The Kier molecular flexibility index (Phi) is 2.22. The highest BCUT2D eigenvalue weighted by Gasteiger charge is 2.12. The largest absolute Gasteiger partial charge is 0.379 e. The van der Waals surface area contributed by atoms with Crippen molar-refractivity contribution in [2.24, 2.45) is 0 Å². The smallest absolute Gasteiger partial charge is 0.183 e. The Bertz CT molecular complexity index is 45.4. The van der Waals surface area contributed by atoms with Gasteiger partial charge in [0.1, 0.15) is 0 Å². The van der Waals surface area contributed by atoms with Crippen molar-refractivity contribution in [1.82, 2.24) is 0 Å². The molecule has 0 aromatic rings. The molecule has 0 heterocycles. The molecule has 0 saturated carbocycles. The fourth-order valence-corrected chi connectivity index (χ4v) is 0.273. The third kappa shape index (κ3) is 5.88. The Morgan fingerprint density at radius 1 is 1.57 bits per heavy atom. The van der Waals surface area contributed by atoms with Crippen LogP contribution in [0.4, 0.5) is 0 Å². The van der Waals surface area contributed by atoms with Crippen molar-refractivity contribution in [1.29, 1.82) is 0 Å². The molecule has 3 nitrogen and oxygen atoms in total. The Hall–Kier alpha value is -0.120. The minimum absolute atomic E-state index is 0.0486. The summed E-state index contributed by atoms with van der Waals surface area (Å²) in [6.45, 7) is 1.21. The van der Waals surface area contributed by atoms with Crippen molar-refractivity contribution in [2.45, 2.75) is 12.7 Å². The van der Waals surface area contributed by atoms with Crippen LogP contribution in [-0.2, 0) is 4.74 Å². The summed E-state index contributed by atoms with van der Waals surface area (Å²) >= 11 is 0. The lowest BCUT2D eigenvalue weighted by Gasteiger charge is -2.12. The van der Waals surface area contributed by atoms with E-state index in [0.29, 0.717) is 0 Å². The normalized spacial score (nSPS) is 12.0. The second kappa shape index (κ2) is 2.26. The molecule has 0 aromatic carbocycles. The number of hydrogen-bond acceptors (Lipinski definition) is 3. The standard InChI is InChI=1S/C4H10O3/c1-4(5,6)3-7-2/h5-6H,3H2,1-2H3. The number of methoxy groups -OCH3 is 1. The molecule has 0 spiro atoms. The van der Waals surface area contributed by atoms with E-state index in [1.165, 1.54) is 14.0 Å². The Labute approximate surface area is 42.5 Å². The van der Waals surface area contributed by atoms with E-state index in [1.807, 2.05) is 0 Å². The molecule has 0 fully saturated rings. The Balaban J connectivity index is 3.15. The molecular weight excluding hydrogens is 96.0 g/mol. The maximum Gasteiger partial charge on any atom is 0.183 e. The Morgan fingerprint density at radius 2 is 2.00 bits per heavy atom. The summed E-state index contributed by atoms with van der Waals surface area (Å²) in [5.41, 5.74) is 0. The van der Waals surface area contributed by atoms with Gasteiger partial charge in [0, 0.05) is 7.11 Å². The summed E-state index contributed by atoms with van der Waals surface area (Å²) in [4.78, 5) is 0. The molecule has 0 radical (unpaired) electrons. The first-order chi connectivity index (χ1) is 3.06. The zero-order valence-electron chi connectivity index (χ0n) is 4.51. The van der Waals surface area contributed by atoms with Gasteiger partial charge in [-0.1, -0.05) is 0 Å². The fraction of sp³-hybridized carbons (Fsp3) is 1.00. The number of hydrogen-bond donors (Lipinski definition) is 2. The van der Waals surface area contributed by atoms with Crippen LogP contribution in [0.25, 0.3) is 0 Å². The molecule has 0 unspecified atom stereocenters. The van der Waals surface area contributed by atoms with E-state index in [2.05, 4.69) is 4.74 Å². The van der Waals surface area contributed by atoms with E-state index in [-0.39, 0.29) is 6.61 Å². The summed E-state index contributed by atoms with van der Waals surface area (Å²) in [7, 11) is 1.41. The second-order valence-electron chi connectivity index (χ2n) is 1.65. The summed E-state index contributed by atoms with van der Waals surface area (Å²) in [5, 5.41) is 16.9. The zero-order chi connectivity index (χ0) is 5.91. The quantitative estimate of drug-likeness (QED) is 0.459. The monoisotopic (exact) mass is 106 g/mol. The third-order valence-corrected chi connectivity index (χ3v) is 0.418. The third-order valence-electron chi connectivity index (χ3n) is 0.418. The number of aliphatic hydroxyl groups is 2. The molecule has 0 amide bonds. The first-order valence-electron chi connectivity index (χ1n) is 2.00. The van der Waals surface area contributed by atoms with Gasteiger partial charge >= 0.3 is 0 Å². The molecule has 0 bridgehead atoms. The number of ether oxygens (including phenoxy) is 1. The van der Waals surface area contributed by atoms with Gasteiger partial charge in [-0.05, 0) is 6.92 Å². The van der Waals surface area contributed by atoms with Crippen molar-refractivity contribution in [3.8, 4) is 0 Å². The van der Waals surface area contributed by atoms with Gasteiger partial charge in [-0.3, -0.25) is 0 Å². The lowest BCUT2D eigenvalue weighted by atomic mass is 10.4. The highest BCUT2D eigenvalue weighted by molar-refractivity contribution is 4.50. The van der Waals surface area contributed by atoms with Gasteiger partial charge in [0.2, 0.25) is 0 Å². The van der Waals surface area contributed by atoms with E-state index in [1.54, 1.807) is 0 Å². The molecule has 0 atom stereocenters. The predicted molar refractivity (Wildman–Crippen MR) is 24.7 cm³/mol. The van der Waals surface area contributed by atoms with Gasteiger partial charge in [0.15, 0.2) is 5.79 Å². The SMILES string of the molecule is COCC(C)(O)O. The average Bonchev–Trinajstić information content (AvgIpc) is 1.30. The van der Waals surface area contributed by atoms with E-state index < -0.39 is 5.79 Å². The van der Waals surface area contributed by atoms with Crippen LogP contribution in [0, 0.1) is 0 Å². The lowest BCUT2D eigenvalue weighted by Crippen LogP contribution is -2.28. The van der Waals surface area contributed by atoms with Crippen molar-refractivity contribution in [3.05, 3.63) is 0 Å². The minimum atomic E-state index is -1.67. The molecular formula is C4H10O3. The molecule has 0 aliphatic carbocycles. The van der Waals surface area contributed by atoms with Crippen LogP contribution in [0.2, 0.25) is 0 Å². The van der Waals surface area contributed by atoms with Crippen molar-refractivity contribution < 1.29 is 14.9 Å². The highest BCUT2D eigenvalue weighted by atomic mass is 16.6. The molecule has 0 rings (SSSR count). The average molecular weight is 106 g/mol. The van der Waals surface area contributed by atoms with Gasteiger partial charge in [0.05, 0.1) is 6.61 Å². The molecule has 3 heteroatoms. The fourth-order valence-electron chi connectivity index (χ4n) is 0.273. The minimum Gasteiger partial charge on any atom is -0.379 e. The van der Waals surface area contributed by atoms with Gasteiger partial charge in [0.25, 0.3) is 0 Å². The van der Waals surface area contributed by atoms with Gasteiger partial charge < -0.3 is 14.9 Å². The molecule has 0 aliphatic rings. The van der Waals surface area contributed by atoms with Crippen molar-refractivity contribution >= 4 is 0 Å². The summed E-state index contributed by atoms with van der Waals surface area (Å²) < 4.78 is 4.41. The first kappa shape index (κ1) is 6.88. The van der Waals surface area contributed by atoms with Crippen LogP contribution < -0.4 is 0 Å². The van der Waals surface area contributed by atoms with E-state index in [0.717, 1.165) is 0 Å². The predicted octanol–water partition coefficient (Wildman–Crippen LogP) is -0.666. The summed E-state index contributed by atoms with van der Waals surface area (Å²) in [5.74, 6) is -1.67. The van der Waals surface area contributed by atoms with Crippen LogP contribution in [-0.4, -0.2) is 29.7 Å². The molecule has 7 heavy (non-hydrogen) atoms. The van der Waals surface area contributed by atoms with Gasteiger partial charge in [-0.25, -0.2) is 0 Å². The zero-order valence-corrected chi connectivity index (χ0v) is 4.51. The van der Waals surface area contributed by atoms with E-state index in [4.69, 9.17) is 10.2 Å². The van der Waals surface area contributed by atoms with Crippen molar-refractivity contribution in [2.75, 3.05) is 13.7 Å². The molecule has 0 aliphatic heterocycles. The first-order valence-corrected chi connectivity index (χ1v) is 2.00. The Morgan fingerprint density at radius 3 is 2.00 bits per heavy atom. The van der Waals surface area contributed by atoms with Gasteiger partial charge in [-0.15, -0.1) is 0 Å². The second-order valence-corrected chi connectivity index (χ2v) is 1.65. The van der Waals surface area contributed by atoms with Crippen LogP contribution in [0.15, 0.2) is 0 Å². The van der Waals surface area contributed by atoms with Crippen LogP contribution >= 0.6 is 0 Å². The molecule has 0 saturated heterocycles. The molecule has 44 valence electrons.